The van der Waals surface area contributed by atoms with Crippen LogP contribution in [0.2, 0.25) is 0 Å². The first-order valence-electron chi connectivity index (χ1n) is 6.33. The van der Waals surface area contributed by atoms with E-state index in [9.17, 15) is 19.2 Å². The first-order valence-corrected chi connectivity index (χ1v) is 6.33. The summed E-state index contributed by atoms with van der Waals surface area (Å²) in [4.78, 5) is 47.2. The molecule has 1 atom stereocenters. The molecule has 1 rings (SSSR count). The van der Waals surface area contributed by atoms with Crippen LogP contribution in [-0.2, 0) is 48.0 Å². The van der Waals surface area contributed by atoms with Gasteiger partial charge in [-0.25, -0.2) is 9.78 Å². The largest absolute Gasteiger partial charge is 0.481 e. The van der Waals surface area contributed by atoms with Crippen LogP contribution in [0.4, 0.5) is 0 Å². The van der Waals surface area contributed by atoms with Gasteiger partial charge in [-0.15, -0.1) is 0 Å². The maximum atomic E-state index is 10.3. The summed E-state index contributed by atoms with van der Waals surface area (Å²) in [6.45, 7) is 0. The van der Waals surface area contributed by atoms with Gasteiger partial charge in [0.25, 0.3) is 0 Å². The minimum absolute atomic E-state index is 0. The fourth-order valence-corrected chi connectivity index (χ4v) is 1.43. The quantitative estimate of drug-likeness (QED) is 0.215. The Balaban J connectivity index is 0. The molecule has 12 nitrogen and oxygen atoms in total. The standard InChI is InChI=1S/C6H9N3O2.C6H8O7.Ag/c7-5(6(10)11)1-4-2-8-3-9-4;7-3(8)1-6(13,5(11)12)2-4(9)10;/h2-3,5H,1,7H2,(H,8,9)(H,10,11);13H,1-2H2,(H,7,8)(H,9,10)(H,11,12);. The average molecular weight is 455 g/mol. The molecule has 145 valence electrons. The van der Waals surface area contributed by atoms with Crippen LogP contribution in [0.3, 0.4) is 0 Å². The summed E-state index contributed by atoms with van der Waals surface area (Å²) in [5.41, 5.74) is 3.26. The molecule has 0 amide bonds. The first-order chi connectivity index (χ1) is 11.0. The Labute approximate surface area is 156 Å². The Bertz CT molecular complexity index is 575. The normalized spacial score (nSPS) is 11.3. The van der Waals surface area contributed by atoms with Gasteiger partial charge in [0, 0.05) is 40.7 Å². The molecule has 1 heterocycles. The minimum atomic E-state index is -2.74. The zero-order chi connectivity index (χ0) is 18.9. The van der Waals surface area contributed by atoms with E-state index in [1.54, 1.807) is 6.20 Å². The predicted molar refractivity (Wildman–Crippen MR) is 75.0 cm³/mol. The third-order valence-electron chi connectivity index (χ3n) is 2.60. The third kappa shape index (κ3) is 10.3. The number of carbonyl (C=O) groups is 4. The molecule has 1 unspecified atom stereocenters. The van der Waals surface area contributed by atoms with Crippen LogP contribution in [0.25, 0.3) is 0 Å². The number of rotatable bonds is 8. The van der Waals surface area contributed by atoms with Gasteiger partial charge in [0.05, 0.1) is 19.2 Å². The van der Waals surface area contributed by atoms with Gasteiger partial charge in [0.15, 0.2) is 5.60 Å². The number of imidazole rings is 1. The Morgan fingerprint density at radius 1 is 1.12 bits per heavy atom. The van der Waals surface area contributed by atoms with Crippen molar-refractivity contribution in [3.05, 3.63) is 18.2 Å². The molecule has 8 N–H and O–H groups in total. The Hall–Kier alpha value is -2.25. The van der Waals surface area contributed by atoms with Crippen LogP contribution >= 0.6 is 0 Å². The van der Waals surface area contributed by atoms with Crippen LogP contribution in [0.1, 0.15) is 18.5 Å². The summed E-state index contributed by atoms with van der Waals surface area (Å²) in [5, 5.41) is 42.2. The molecule has 1 radical (unpaired) electrons. The van der Waals surface area contributed by atoms with E-state index in [4.69, 9.17) is 31.3 Å². The van der Waals surface area contributed by atoms with E-state index in [1.807, 2.05) is 0 Å². The van der Waals surface area contributed by atoms with Crippen molar-refractivity contribution < 1.29 is 67.1 Å². The number of aromatic amines is 1. The number of aromatic nitrogens is 2. The molecule has 1 aromatic heterocycles. The van der Waals surface area contributed by atoms with Crippen molar-refractivity contribution >= 4 is 23.9 Å². The number of carboxylic acids is 4. The number of nitrogens with one attached hydrogen (secondary N) is 1. The van der Waals surface area contributed by atoms with Gasteiger partial charge in [0.1, 0.15) is 6.04 Å². The number of aliphatic hydroxyl groups is 1. The number of carboxylic acid groups (broad SMARTS) is 4. The second kappa shape index (κ2) is 11.3. The van der Waals surface area contributed by atoms with E-state index in [2.05, 4.69) is 9.97 Å². The van der Waals surface area contributed by atoms with Gasteiger partial charge in [-0.2, -0.15) is 0 Å². The van der Waals surface area contributed by atoms with Gasteiger partial charge < -0.3 is 36.3 Å². The van der Waals surface area contributed by atoms with Crippen molar-refractivity contribution in [1.82, 2.24) is 9.97 Å². The van der Waals surface area contributed by atoms with Crippen molar-refractivity contribution in [3.63, 3.8) is 0 Å². The second-order valence-electron chi connectivity index (χ2n) is 4.70. The van der Waals surface area contributed by atoms with Crippen LogP contribution in [0, 0.1) is 0 Å². The van der Waals surface area contributed by atoms with Crippen molar-refractivity contribution in [1.29, 1.82) is 0 Å². The first kappa shape index (κ1) is 25.0. The molecule has 0 bridgehead atoms. The van der Waals surface area contributed by atoms with Crippen LogP contribution in [0.5, 0.6) is 0 Å². The molecule has 0 aliphatic carbocycles. The average Bonchev–Trinajstić information content (AvgIpc) is 2.90. The van der Waals surface area contributed by atoms with Gasteiger partial charge in [0.2, 0.25) is 0 Å². The van der Waals surface area contributed by atoms with Crippen LogP contribution < -0.4 is 5.73 Å². The number of aliphatic carboxylic acids is 4. The fourth-order valence-electron chi connectivity index (χ4n) is 1.43. The summed E-state index contributed by atoms with van der Waals surface area (Å²) in [6, 6.07) is -0.851. The summed E-state index contributed by atoms with van der Waals surface area (Å²) in [6.07, 6.45) is 1.05. The molecule has 25 heavy (non-hydrogen) atoms. The molecule has 0 aromatic carbocycles. The van der Waals surface area contributed by atoms with E-state index >= 15 is 0 Å². The summed E-state index contributed by atoms with van der Waals surface area (Å²) < 4.78 is 0. The topological polar surface area (TPSA) is 224 Å². The Morgan fingerprint density at radius 2 is 1.60 bits per heavy atom. The van der Waals surface area contributed by atoms with Gasteiger partial charge >= 0.3 is 23.9 Å². The number of H-pyrrole nitrogens is 1. The Morgan fingerprint density at radius 3 is 1.88 bits per heavy atom. The summed E-state index contributed by atoms with van der Waals surface area (Å²) >= 11 is 0. The van der Waals surface area contributed by atoms with Crippen molar-refractivity contribution in [3.8, 4) is 0 Å². The molecular formula is C12H17AgN3O9. The van der Waals surface area contributed by atoms with E-state index in [0.717, 1.165) is 5.69 Å². The number of nitrogens with zero attached hydrogens (tertiary/aromatic N) is 1. The number of hydrogen-bond donors (Lipinski definition) is 7. The van der Waals surface area contributed by atoms with Crippen molar-refractivity contribution in [2.24, 2.45) is 5.73 Å². The summed E-state index contributed by atoms with van der Waals surface area (Å²) in [7, 11) is 0. The number of nitrogens with two attached hydrogens (primary N) is 1. The van der Waals surface area contributed by atoms with E-state index in [-0.39, 0.29) is 28.8 Å². The zero-order valence-corrected chi connectivity index (χ0v) is 14.0. The molecule has 0 saturated heterocycles. The predicted octanol–water partition coefficient (Wildman–Crippen LogP) is -1.89. The number of hydrogen-bond acceptors (Lipinski definition) is 7. The van der Waals surface area contributed by atoms with Gasteiger partial charge in [-0.3, -0.25) is 14.4 Å². The zero-order valence-electron chi connectivity index (χ0n) is 12.5. The molecule has 0 aliphatic rings. The van der Waals surface area contributed by atoms with Gasteiger partial charge in [-0.1, -0.05) is 0 Å². The van der Waals surface area contributed by atoms with E-state index < -0.39 is 48.4 Å². The molecule has 0 aliphatic heterocycles. The molecule has 0 spiro atoms. The smallest absolute Gasteiger partial charge is 0.336 e. The molecular weight excluding hydrogens is 438 g/mol. The molecule has 0 saturated carbocycles. The summed E-state index contributed by atoms with van der Waals surface area (Å²) in [5.74, 6) is -6.02. The van der Waals surface area contributed by atoms with E-state index in [0.29, 0.717) is 0 Å². The van der Waals surface area contributed by atoms with Crippen LogP contribution in [-0.4, -0.2) is 71.0 Å². The molecule has 13 heteroatoms. The maximum Gasteiger partial charge on any atom is 0.336 e. The van der Waals surface area contributed by atoms with Crippen LogP contribution in [0.15, 0.2) is 12.5 Å². The second-order valence-corrected chi connectivity index (χ2v) is 4.70. The minimum Gasteiger partial charge on any atom is -0.481 e. The van der Waals surface area contributed by atoms with Gasteiger partial charge in [-0.05, 0) is 0 Å². The maximum absolute atomic E-state index is 10.3. The third-order valence-corrected chi connectivity index (χ3v) is 2.60. The molecule has 0 fully saturated rings. The monoisotopic (exact) mass is 454 g/mol. The molecule has 1 aromatic rings. The van der Waals surface area contributed by atoms with Crippen molar-refractivity contribution in [2.45, 2.75) is 30.9 Å². The fraction of sp³-hybridized carbons (Fsp3) is 0.417. The van der Waals surface area contributed by atoms with Crippen molar-refractivity contribution in [2.75, 3.05) is 0 Å². The SMILES string of the molecule is NC(Cc1cnc[nH]1)C(=O)O.O=C(O)CC(O)(CC(=O)O)C(=O)O.[Ag]. The van der Waals surface area contributed by atoms with E-state index in [1.165, 1.54) is 6.33 Å². The Kier molecular flexibility index (Phi) is 11.3.